The molecule has 9 heteroatoms. The quantitative estimate of drug-likeness (QED) is 0.216. The third-order valence-electron chi connectivity index (χ3n) is 10.2. The first-order valence-electron chi connectivity index (χ1n) is 14.8. The second-order valence-electron chi connectivity index (χ2n) is 12.3. The molecule has 2 saturated heterocycles. The first-order valence-corrected chi connectivity index (χ1v) is 15.8. The highest BCUT2D eigenvalue weighted by Gasteiger charge is 2.67. The maximum atomic E-state index is 14.5. The average molecular weight is 703 g/mol. The summed E-state index contributed by atoms with van der Waals surface area (Å²) < 4.78 is 6.05. The monoisotopic (exact) mass is 702 g/mol. The van der Waals surface area contributed by atoms with E-state index in [4.69, 9.17) is 4.74 Å². The van der Waals surface area contributed by atoms with E-state index in [1.54, 1.807) is 30.3 Å². The smallest absolute Gasteiger partial charge is 0.241 e. The molecule has 1 saturated carbocycles. The van der Waals surface area contributed by atoms with Gasteiger partial charge in [-0.25, -0.2) is 4.90 Å². The van der Waals surface area contributed by atoms with E-state index in [2.05, 4.69) is 0 Å². The zero-order valence-corrected chi connectivity index (χ0v) is 26.4. The third-order valence-corrected chi connectivity index (χ3v) is 11.0. The number of imide groups is 2. The summed E-state index contributed by atoms with van der Waals surface area (Å²) in [7, 11) is 1.47. The number of methoxy groups -OCH3 is 1. The number of benzene rings is 3. The molecule has 4 aliphatic rings. The molecule has 6 atom stereocenters. The fraction of sp³-hybridized carbons (Fsp3) is 0.314. The number of anilines is 1. The Kier molecular flexibility index (Phi) is 6.91. The van der Waals surface area contributed by atoms with Gasteiger partial charge >= 0.3 is 0 Å². The van der Waals surface area contributed by atoms with Gasteiger partial charge in [0, 0.05) is 5.92 Å². The SMILES string of the molecule is COc1cc([C@H]2C3=CC[C@@H]4C(=O)N(Cc5ccccc5)C(=O)[C@@H]4[C@@H]3C[C@H]3C(=O)N(c4ccccc4)C(=O)[C@@]23C)cc(I)c1O. The van der Waals surface area contributed by atoms with Gasteiger partial charge in [0.2, 0.25) is 23.6 Å². The molecule has 224 valence electrons. The highest BCUT2D eigenvalue weighted by Crippen LogP contribution is 2.64. The van der Waals surface area contributed by atoms with E-state index < -0.39 is 35.0 Å². The van der Waals surface area contributed by atoms with Crippen LogP contribution in [-0.2, 0) is 25.7 Å². The van der Waals surface area contributed by atoms with Crippen LogP contribution in [0.1, 0.15) is 36.8 Å². The van der Waals surface area contributed by atoms with Crippen molar-refractivity contribution >= 4 is 51.9 Å². The van der Waals surface area contributed by atoms with Crippen molar-refractivity contribution in [3.05, 3.63) is 99.1 Å². The van der Waals surface area contributed by atoms with Crippen molar-refractivity contribution in [2.45, 2.75) is 32.2 Å². The van der Waals surface area contributed by atoms with Crippen LogP contribution in [0.4, 0.5) is 5.69 Å². The summed E-state index contributed by atoms with van der Waals surface area (Å²) in [4.78, 5) is 59.2. The predicted octanol–water partition coefficient (Wildman–Crippen LogP) is 5.44. The molecule has 7 rings (SSSR count). The number of hydrogen-bond acceptors (Lipinski definition) is 6. The van der Waals surface area contributed by atoms with E-state index in [0.717, 1.165) is 16.7 Å². The summed E-state index contributed by atoms with van der Waals surface area (Å²) in [5.74, 6) is -3.59. The number of aromatic hydroxyl groups is 1. The highest BCUT2D eigenvalue weighted by atomic mass is 127. The predicted molar refractivity (Wildman–Crippen MR) is 170 cm³/mol. The Balaban J connectivity index is 1.36. The largest absolute Gasteiger partial charge is 0.504 e. The lowest BCUT2D eigenvalue weighted by Gasteiger charge is -2.49. The minimum Gasteiger partial charge on any atom is -0.504 e. The number of allylic oxidation sites excluding steroid dienone is 2. The number of phenols is 1. The third kappa shape index (κ3) is 4.08. The molecule has 3 aromatic rings. The number of ether oxygens (including phenoxy) is 1. The van der Waals surface area contributed by atoms with Crippen LogP contribution in [-0.4, -0.2) is 40.7 Å². The topological polar surface area (TPSA) is 104 Å². The highest BCUT2D eigenvalue weighted by molar-refractivity contribution is 14.1. The Morgan fingerprint density at radius 3 is 2.30 bits per heavy atom. The van der Waals surface area contributed by atoms with Crippen LogP contribution in [0.5, 0.6) is 11.5 Å². The molecule has 0 bridgehead atoms. The lowest BCUT2D eigenvalue weighted by molar-refractivity contribution is -0.141. The molecule has 2 aliphatic heterocycles. The molecule has 1 N–H and O–H groups in total. The van der Waals surface area contributed by atoms with Crippen LogP contribution in [0.15, 0.2) is 84.4 Å². The van der Waals surface area contributed by atoms with Crippen molar-refractivity contribution in [1.29, 1.82) is 0 Å². The van der Waals surface area contributed by atoms with Crippen molar-refractivity contribution in [2.75, 3.05) is 12.0 Å². The first-order chi connectivity index (χ1) is 21.2. The number of fused-ring (bicyclic) bond motifs is 4. The summed E-state index contributed by atoms with van der Waals surface area (Å²) in [6.45, 7) is 2.05. The summed E-state index contributed by atoms with van der Waals surface area (Å²) in [5.41, 5.74) is 1.83. The molecule has 0 aromatic heterocycles. The van der Waals surface area contributed by atoms with Crippen LogP contribution < -0.4 is 9.64 Å². The maximum Gasteiger partial charge on any atom is 0.241 e. The number of likely N-dealkylation sites (tertiary alicyclic amines) is 1. The second kappa shape index (κ2) is 10.6. The Labute approximate surface area is 268 Å². The van der Waals surface area contributed by atoms with Gasteiger partial charge in [-0.1, -0.05) is 60.2 Å². The number of hydrogen-bond donors (Lipinski definition) is 1. The van der Waals surface area contributed by atoms with Crippen molar-refractivity contribution in [1.82, 2.24) is 4.90 Å². The van der Waals surface area contributed by atoms with E-state index in [1.165, 1.54) is 16.9 Å². The second-order valence-corrected chi connectivity index (χ2v) is 13.5. The maximum absolute atomic E-state index is 14.5. The lowest BCUT2D eigenvalue weighted by atomic mass is 9.51. The van der Waals surface area contributed by atoms with Gasteiger partial charge in [-0.2, -0.15) is 0 Å². The van der Waals surface area contributed by atoms with Crippen LogP contribution >= 0.6 is 22.6 Å². The summed E-state index contributed by atoms with van der Waals surface area (Å²) in [6, 6.07) is 21.9. The lowest BCUT2D eigenvalue weighted by Crippen LogP contribution is -2.48. The molecule has 0 spiro atoms. The summed E-state index contributed by atoms with van der Waals surface area (Å²) in [5, 5.41) is 10.7. The van der Waals surface area contributed by atoms with Gasteiger partial charge in [0.25, 0.3) is 0 Å². The van der Waals surface area contributed by atoms with Crippen LogP contribution in [0.2, 0.25) is 0 Å². The number of phenolic OH excluding ortho intramolecular Hbond substituents is 1. The number of carbonyl (C=O) groups is 4. The van der Waals surface area contributed by atoms with E-state index in [-0.39, 0.29) is 41.7 Å². The minimum atomic E-state index is -1.16. The van der Waals surface area contributed by atoms with Gasteiger partial charge in [0.05, 0.1) is 46.1 Å². The van der Waals surface area contributed by atoms with E-state index >= 15 is 0 Å². The Morgan fingerprint density at radius 2 is 1.61 bits per heavy atom. The Hall–Kier alpha value is -3.99. The molecule has 4 amide bonds. The van der Waals surface area contributed by atoms with Crippen LogP contribution in [0.3, 0.4) is 0 Å². The molecule has 44 heavy (non-hydrogen) atoms. The number of nitrogens with zero attached hydrogens (tertiary/aromatic N) is 2. The molecular weight excluding hydrogens is 671 g/mol. The van der Waals surface area contributed by atoms with Crippen molar-refractivity contribution < 1.29 is 29.0 Å². The fourth-order valence-electron chi connectivity index (χ4n) is 8.12. The van der Waals surface area contributed by atoms with Crippen LogP contribution in [0.25, 0.3) is 0 Å². The molecule has 2 aliphatic carbocycles. The fourth-order valence-corrected chi connectivity index (χ4v) is 8.75. The molecular formula is C35H31IN2O6. The first kappa shape index (κ1) is 28.8. The molecule has 8 nitrogen and oxygen atoms in total. The molecule has 0 unspecified atom stereocenters. The zero-order valence-electron chi connectivity index (χ0n) is 24.3. The number of halogens is 1. The minimum absolute atomic E-state index is 0.00328. The van der Waals surface area contributed by atoms with Gasteiger partial charge in [-0.15, -0.1) is 0 Å². The van der Waals surface area contributed by atoms with Crippen LogP contribution in [0, 0.1) is 32.7 Å². The van der Waals surface area contributed by atoms with Gasteiger partial charge in [-0.05, 0) is 83.7 Å². The number of carbonyl (C=O) groups excluding carboxylic acids is 4. The van der Waals surface area contributed by atoms with E-state index in [1.807, 2.05) is 78.1 Å². The summed E-state index contributed by atoms with van der Waals surface area (Å²) in [6.07, 6.45) is 2.70. The van der Waals surface area contributed by atoms with Gasteiger partial charge < -0.3 is 9.84 Å². The number of amides is 4. The molecule has 3 fully saturated rings. The standard InChI is InChI=1S/C35H31IN2O6/c1-35-25(32(41)38(34(35)43)21-11-7-4-8-12-21)17-24-22(29(35)20-15-26(36)30(39)27(16-20)44-2)13-14-23-28(24)33(42)37(31(23)40)18-19-9-5-3-6-10-19/h3-13,15-16,23-25,28-29,39H,14,17-18H2,1-2H3/t23-,24+,25-,28-,29-,35+/m0/s1. The average Bonchev–Trinajstić information content (AvgIpc) is 3.38. The van der Waals surface area contributed by atoms with Gasteiger partial charge in [0.15, 0.2) is 11.5 Å². The van der Waals surface area contributed by atoms with E-state index in [9.17, 15) is 24.3 Å². The van der Waals surface area contributed by atoms with Crippen molar-refractivity contribution in [2.24, 2.45) is 29.1 Å². The normalized spacial score (nSPS) is 29.3. The van der Waals surface area contributed by atoms with Gasteiger partial charge in [0.1, 0.15) is 0 Å². The number of rotatable bonds is 5. The Morgan fingerprint density at radius 1 is 0.932 bits per heavy atom. The van der Waals surface area contributed by atoms with Crippen molar-refractivity contribution in [3.8, 4) is 11.5 Å². The molecule has 2 heterocycles. The van der Waals surface area contributed by atoms with Gasteiger partial charge in [-0.3, -0.25) is 24.1 Å². The van der Waals surface area contributed by atoms with E-state index in [0.29, 0.717) is 22.1 Å². The summed E-state index contributed by atoms with van der Waals surface area (Å²) >= 11 is 2.04. The molecule has 3 aromatic carbocycles. The van der Waals surface area contributed by atoms with Crippen molar-refractivity contribution in [3.63, 3.8) is 0 Å². The number of para-hydroxylation sites is 1. The Bertz CT molecular complexity index is 1740. The zero-order chi connectivity index (χ0) is 30.9. The molecule has 0 radical (unpaired) electrons.